The standard InChI is InChI=1S/C11H9BrN4O/c1-6-13-11-8-4-7(12)2-3-9(8)14-10(17)5-16(11)15-6/h2-4H,5H2,1H3,(H,14,17). The molecule has 0 unspecified atom stereocenters. The summed E-state index contributed by atoms with van der Waals surface area (Å²) in [6.07, 6.45) is 0. The molecule has 0 aliphatic carbocycles. The van der Waals surface area contributed by atoms with Crippen LogP contribution in [0.2, 0.25) is 0 Å². The number of halogens is 1. The van der Waals surface area contributed by atoms with Crippen LogP contribution in [0.5, 0.6) is 0 Å². The maximum absolute atomic E-state index is 11.7. The zero-order valence-corrected chi connectivity index (χ0v) is 10.7. The lowest BCUT2D eigenvalue weighted by atomic mass is 10.1. The van der Waals surface area contributed by atoms with Crippen molar-refractivity contribution in [1.82, 2.24) is 14.8 Å². The van der Waals surface area contributed by atoms with Gasteiger partial charge in [0.05, 0.1) is 5.69 Å². The fraction of sp³-hybridized carbons (Fsp3) is 0.182. The van der Waals surface area contributed by atoms with E-state index in [1.807, 2.05) is 25.1 Å². The number of aromatic nitrogens is 3. The van der Waals surface area contributed by atoms with Gasteiger partial charge in [0.2, 0.25) is 5.91 Å². The molecule has 1 aromatic carbocycles. The summed E-state index contributed by atoms with van der Waals surface area (Å²) in [6, 6.07) is 5.68. The quantitative estimate of drug-likeness (QED) is 0.808. The van der Waals surface area contributed by atoms with E-state index in [0.717, 1.165) is 21.5 Å². The zero-order chi connectivity index (χ0) is 12.0. The van der Waals surface area contributed by atoms with Crippen molar-refractivity contribution < 1.29 is 4.79 Å². The summed E-state index contributed by atoms with van der Waals surface area (Å²) in [5.74, 6) is 1.30. The molecule has 1 amide bonds. The number of carbonyl (C=O) groups is 1. The van der Waals surface area contributed by atoms with E-state index >= 15 is 0 Å². The van der Waals surface area contributed by atoms with Gasteiger partial charge in [-0.3, -0.25) is 4.79 Å². The number of fused-ring (bicyclic) bond motifs is 3. The Morgan fingerprint density at radius 1 is 1.47 bits per heavy atom. The lowest BCUT2D eigenvalue weighted by molar-refractivity contribution is -0.116. The summed E-state index contributed by atoms with van der Waals surface area (Å²) in [4.78, 5) is 16.1. The molecule has 0 saturated heterocycles. The highest BCUT2D eigenvalue weighted by molar-refractivity contribution is 9.10. The van der Waals surface area contributed by atoms with Gasteiger partial charge in [-0.05, 0) is 25.1 Å². The van der Waals surface area contributed by atoms with E-state index in [-0.39, 0.29) is 12.5 Å². The second-order valence-corrected chi connectivity index (χ2v) is 4.79. The minimum Gasteiger partial charge on any atom is -0.324 e. The van der Waals surface area contributed by atoms with Gasteiger partial charge < -0.3 is 5.32 Å². The SMILES string of the molecule is Cc1nc2n(n1)CC(=O)Nc1ccc(Br)cc1-2. The number of benzene rings is 1. The Morgan fingerprint density at radius 2 is 2.29 bits per heavy atom. The average molecular weight is 293 g/mol. The molecule has 5 nitrogen and oxygen atoms in total. The molecule has 0 fully saturated rings. The van der Waals surface area contributed by atoms with Crippen LogP contribution in [0, 0.1) is 6.92 Å². The van der Waals surface area contributed by atoms with Gasteiger partial charge in [0.25, 0.3) is 0 Å². The first-order valence-corrected chi connectivity index (χ1v) is 5.94. The van der Waals surface area contributed by atoms with Crippen molar-refractivity contribution in [1.29, 1.82) is 0 Å². The van der Waals surface area contributed by atoms with E-state index in [4.69, 9.17) is 0 Å². The van der Waals surface area contributed by atoms with Crippen molar-refractivity contribution in [3.63, 3.8) is 0 Å². The molecule has 1 aliphatic rings. The second kappa shape index (κ2) is 3.66. The van der Waals surface area contributed by atoms with Crippen LogP contribution >= 0.6 is 15.9 Å². The molecule has 1 N–H and O–H groups in total. The molecule has 0 spiro atoms. The molecule has 0 radical (unpaired) electrons. The Labute approximate surface area is 106 Å². The largest absolute Gasteiger partial charge is 0.324 e. The first kappa shape index (κ1) is 10.5. The van der Waals surface area contributed by atoms with Crippen LogP contribution in [0.25, 0.3) is 11.4 Å². The van der Waals surface area contributed by atoms with E-state index in [1.165, 1.54) is 0 Å². The van der Waals surface area contributed by atoms with Crippen molar-refractivity contribution in [2.45, 2.75) is 13.5 Å². The van der Waals surface area contributed by atoms with Crippen LogP contribution in [0.3, 0.4) is 0 Å². The fourth-order valence-corrected chi connectivity index (χ4v) is 2.26. The van der Waals surface area contributed by atoms with Gasteiger partial charge in [0.1, 0.15) is 12.4 Å². The molecular formula is C11H9BrN4O. The van der Waals surface area contributed by atoms with Gasteiger partial charge in [-0.2, -0.15) is 5.10 Å². The predicted octanol–water partition coefficient (Wildman–Crippen LogP) is 1.97. The topological polar surface area (TPSA) is 59.8 Å². The first-order valence-electron chi connectivity index (χ1n) is 5.15. The Hall–Kier alpha value is -1.69. The van der Waals surface area contributed by atoms with Crippen molar-refractivity contribution in [2.75, 3.05) is 5.32 Å². The number of nitrogens with zero attached hydrogens (tertiary/aromatic N) is 3. The average Bonchev–Trinajstić information content (AvgIpc) is 2.56. The van der Waals surface area contributed by atoms with Crippen LogP contribution in [0.4, 0.5) is 5.69 Å². The maximum Gasteiger partial charge on any atom is 0.246 e. The van der Waals surface area contributed by atoms with Crippen LogP contribution in [-0.2, 0) is 11.3 Å². The number of amides is 1. The fourth-order valence-electron chi connectivity index (χ4n) is 1.90. The van der Waals surface area contributed by atoms with Crippen molar-refractivity contribution in [3.8, 4) is 11.4 Å². The third-order valence-electron chi connectivity index (χ3n) is 2.57. The normalized spacial score (nSPS) is 13.6. The molecule has 17 heavy (non-hydrogen) atoms. The van der Waals surface area contributed by atoms with E-state index in [1.54, 1.807) is 4.68 Å². The molecular weight excluding hydrogens is 284 g/mol. The monoisotopic (exact) mass is 292 g/mol. The van der Waals surface area contributed by atoms with E-state index in [9.17, 15) is 4.79 Å². The van der Waals surface area contributed by atoms with Gasteiger partial charge in [0.15, 0.2) is 5.82 Å². The summed E-state index contributed by atoms with van der Waals surface area (Å²) < 4.78 is 2.57. The number of aryl methyl sites for hydroxylation is 1. The number of nitrogens with one attached hydrogen (secondary N) is 1. The van der Waals surface area contributed by atoms with Gasteiger partial charge in [0, 0.05) is 10.0 Å². The molecule has 0 bridgehead atoms. The van der Waals surface area contributed by atoms with Gasteiger partial charge in [-0.1, -0.05) is 15.9 Å². The van der Waals surface area contributed by atoms with Gasteiger partial charge in [-0.25, -0.2) is 9.67 Å². The number of anilines is 1. The van der Waals surface area contributed by atoms with Gasteiger partial charge >= 0.3 is 0 Å². The van der Waals surface area contributed by atoms with Crippen molar-refractivity contribution in [2.24, 2.45) is 0 Å². The summed E-state index contributed by atoms with van der Waals surface area (Å²) in [5, 5.41) is 7.06. The minimum atomic E-state index is -0.0859. The van der Waals surface area contributed by atoms with E-state index in [2.05, 4.69) is 31.3 Å². The molecule has 3 rings (SSSR count). The Morgan fingerprint density at radius 3 is 3.12 bits per heavy atom. The first-order chi connectivity index (χ1) is 8.13. The third-order valence-corrected chi connectivity index (χ3v) is 3.06. The lowest BCUT2D eigenvalue weighted by Crippen LogP contribution is -2.17. The molecule has 2 aromatic rings. The van der Waals surface area contributed by atoms with Crippen LogP contribution in [0.15, 0.2) is 22.7 Å². The number of carbonyl (C=O) groups excluding carboxylic acids is 1. The summed E-state index contributed by atoms with van der Waals surface area (Å²) >= 11 is 3.42. The highest BCUT2D eigenvalue weighted by Gasteiger charge is 2.21. The number of hydrogen-bond acceptors (Lipinski definition) is 3. The summed E-state index contributed by atoms with van der Waals surface area (Å²) in [5.41, 5.74) is 1.65. The second-order valence-electron chi connectivity index (χ2n) is 3.88. The van der Waals surface area contributed by atoms with E-state index in [0.29, 0.717) is 5.82 Å². The summed E-state index contributed by atoms with van der Waals surface area (Å²) in [6.45, 7) is 2.01. The van der Waals surface area contributed by atoms with Gasteiger partial charge in [-0.15, -0.1) is 0 Å². The molecule has 1 aliphatic heterocycles. The lowest BCUT2D eigenvalue weighted by Gasteiger charge is -2.05. The Bertz CT molecular complexity index is 620. The van der Waals surface area contributed by atoms with Crippen LogP contribution < -0.4 is 5.32 Å². The number of hydrogen-bond donors (Lipinski definition) is 1. The Kier molecular flexibility index (Phi) is 2.25. The van der Waals surface area contributed by atoms with Crippen molar-refractivity contribution >= 4 is 27.5 Å². The molecule has 0 saturated carbocycles. The number of rotatable bonds is 0. The molecule has 6 heteroatoms. The van der Waals surface area contributed by atoms with Crippen molar-refractivity contribution in [3.05, 3.63) is 28.5 Å². The van der Waals surface area contributed by atoms with Crippen LogP contribution in [0.1, 0.15) is 5.82 Å². The molecule has 2 heterocycles. The molecule has 0 atom stereocenters. The highest BCUT2D eigenvalue weighted by Crippen LogP contribution is 2.31. The zero-order valence-electron chi connectivity index (χ0n) is 9.07. The Balaban J connectivity index is 2.30. The smallest absolute Gasteiger partial charge is 0.246 e. The van der Waals surface area contributed by atoms with Crippen LogP contribution in [-0.4, -0.2) is 20.7 Å². The maximum atomic E-state index is 11.7. The molecule has 1 aromatic heterocycles. The molecule has 86 valence electrons. The summed E-state index contributed by atoms with van der Waals surface area (Å²) in [7, 11) is 0. The highest BCUT2D eigenvalue weighted by atomic mass is 79.9. The predicted molar refractivity (Wildman–Crippen MR) is 66.5 cm³/mol. The minimum absolute atomic E-state index is 0.0859. The van der Waals surface area contributed by atoms with E-state index < -0.39 is 0 Å². The third kappa shape index (κ3) is 1.74.